The van der Waals surface area contributed by atoms with Crippen molar-refractivity contribution in [3.63, 3.8) is 0 Å². The molecule has 4 nitrogen and oxygen atoms in total. The van der Waals surface area contributed by atoms with Crippen molar-refractivity contribution >= 4 is 5.82 Å². The Kier molecular flexibility index (Phi) is 2.34. The molecule has 0 saturated carbocycles. The van der Waals surface area contributed by atoms with Crippen LogP contribution >= 0.6 is 0 Å². The number of imidazole rings is 1. The Morgan fingerprint density at radius 1 is 1.46 bits per heavy atom. The molecule has 1 aromatic heterocycles. The van der Waals surface area contributed by atoms with E-state index in [0.717, 1.165) is 11.5 Å². The van der Waals surface area contributed by atoms with Crippen molar-refractivity contribution < 1.29 is 4.74 Å². The van der Waals surface area contributed by atoms with Crippen LogP contribution in [0, 0.1) is 6.92 Å². The monoisotopic (exact) mass is 183 g/mol. The zero-order chi connectivity index (χ0) is 10.2. The summed E-state index contributed by atoms with van der Waals surface area (Å²) in [6.45, 7) is 5.82. The van der Waals surface area contributed by atoms with E-state index in [-0.39, 0.29) is 0 Å². The molecule has 0 fully saturated rings. The van der Waals surface area contributed by atoms with Crippen LogP contribution in [0.2, 0.25) is 0 Å². The number of nitrogens with zero attached hydrogens (tertiary/aromatic N) is 2. The number of hydrogen-bond acceptors (Lipinski definition) is 3. The lowest BCUT2D eigenvalue weighted by Gasteiger charge is -2.21. The molecule has 2 N–H and O–H groups in total. The highest BCUT2D eigenvalue weighted by molar-refractivity contribution is 5.41. The van der Waals surface area contributed by atoms with E-state index in [9.17, 15) is 0 Å². The van der Waals surface area contributed by atoms with E-state index in [1.54, 1.807) is 7.11 Å². The second-order valence-corrected chi connectivity index (χ2v) is 3.67. The van der Waals surface area contributed by atoms with E-state index < -0.39 is 5.60 Å². The van der Waals surface area contributed by atoms with E-state index in [0.29, 0.717) is 5.82 Å². The standard InChI is InChI=1S/C9H17N3O/c1-6-11-7(8(10)12(6)4)9(2,3)13-5/h10H2,1-5H3. The van der Waals surface area contributed by atoms with Crippen molar-refractivity contribution in [3.8, 4) is 0 Å². The molecule has 0 spiro atoms. The first-order chi connectivity index (χ1) is 5.90. The summed E-state index contributed by atoms with van der Waals surface area (Å²) in [6, 6.07) is 0. The molecule has 0 aromatic carbocycles. The fraction of sp³-hybridized carbons (Fsp3) is 0.667. The van der Waals surface area contributed by atoms with Gasteiger partial charge in [0.25, 0.3) is 0 Å². The van der Waals surface area contributed by atoms with Gasteiger partial charge in [-0.05, 0) is 20.8 Å². The third-order valence-corrected chi connectivity index (χ3v) is 2.44. The first-order valence-electron chi connectivity index (χ1n) is 4.24. The van der Waals surface area contributed by atoms with Crippen molar-refractivity contribution in [3.05, 3.63) is 11.5 Å². The molecule has 0 atom stereocenters. The van der Waals surface area contributed by atoms with Gasteiger partial charge >= 0.3 is 0 Å². The molecule has 13 heavy (non-hydrogen) atoms. The van der Waals surface area contributed by atoms with Gasteiger partial charge in [0, 0.05) is 14.2 Å². The predicted molar refractivity (Wildman–Crippen MR) is 52.4 cm³/mol. The molecule has 0 radical (unpaired) electrons. The Bertz CT molecular complexity index is 315. The zero-order valence-corrected chi connectivity index (χ0v) is 8.88. The van der Waals surface area contributed by atoms with Crippen LogP contribution in [0.1, 0.15) is 25.4 Å². The molecule has 1 rings (SSSR count). The van der Waals surface area contributed by atoms with Crippen LogP contribution in [0.15, 0.2) is 0 Å². The Morgan fingerprint density at radius 2 is 2.00 bits per heavy atom. The van der Waals surface area contributed by atoms with Gasteiger partial charge < -0.3 is 15.0 Å². The summed E-state index contributed by atoms with van der Waals surface area (Å²) in [5.74, 6) is 1.57. The molecular weight excluding hydrogens is 166 g/mol. The topological polar surface area (TPSA) is 53.1 Å². The average molecular weight is 183 g/mol. The normalized spacial score (nSPS) is 12.1. The summed E-state index contributed by atoms with van der Waals surface area (Å²) in [5, 5.41) is 0. The number of methoxy groups -OCH3 is 1. The maximum atomic E-state index is 5.89. The number of nitrogens with two attached hydrogens (primary N) is 1. The third-order valence-electron chi connectivity index (χ3n) is 2.44. The summed E-state index contributed by atoms with van der Waals surface area (Å²) in [5.41, 5.74) is 6.27. The van der Waals surface area contributed by atoms with Crippen LogP contribution < -0.4 is 5.73 Å². The molecule has 0 amide bonds. The highest BCUT2D eigenvalue weighted by atomic mass is 16.5. The molecule has 0 saturated heterocycles. The van der Waals surface area contributed by atoms with Gasteiger partial charge in [-0.25, -0.2) is 4.98 Å². The number of anilines is 1. The predicted octanol–water partition coefficient (Wildman–Crippen LogP) is 1.19. The van der Waals surface area contributed by atoms with Gasteiger partial charge in [0.05, 0.1) is 0 Å². The molecule has 0 aliphatic heterocycles. The van der Waals surface area contributed by atoms with Crippen LogP contribution in [-0.2, 0) is 17.4 Å². The first kappa shape index (κ1) is 10.1. The van der Waals surface area contributed by atoms with E-state index in [2.05, 4.69) is 4.98 Å². The van der Waals surface area contributed by atoms with Crippen molar-refractivity contribution in [2.75, 3.05) is 12.8 Å². The number of aromatic nitrogens is 2. The van der Waals surface area contributed by atoms with Crippen molar-refractivity contribution in [2.45, 2.75) is 26.4 Å². The highest BCUT2D eigenvalue weighted by Gasteiger charge is 2.26. The van der Waals surface area contributed by atoms with Gasteiger partial charge in [0.15, 0.2) is 0 Å². The molecular formula is C9H17N3O. The average Bonchev–Trinajstić information content (AvgIpc) is 2.33. The lowest BCUT2D eigenvalue weighted by molar-refractivity contribution is 0.0164. The Balaban J connectivity index is 3.23. The third kappa shape index (κ3) is 1.54. The molecule has 0 aliphatic rings. The SMILES string of the molecule is COC(C)(C)c1nc(C)n(C)c1N. The van der Waals surface area contributed by atoms with Crippen LogP contribution in [-0.4, -0.2) is 16.7 Å². The van der Waals surface area contributed by atoms with Crippen LogP contribution in [0.3, 0.4) is 0 Å². The summed E-state index contributed by atoms with van der Waals surface area (Å²) in [7, 11) is 3.55. The minimum Gasteiger partial charge on any atom is -0.383 e. The Labute approximate surface area is 78.7 Å². The summed E-state index contributed by atoms with van der Waals surface area (Å²) in [4.78, 5) is 4.37. The first-order valence-corrected chi connectivity index (χ1v) is 4.24. The maximum Gasteiger partial charge on any atom is 0.129 e. The van der Waals surface area contributed by atoms with Gasteiger partial charge in [0.1, 0.15) is 22.9 Å². The van der Waals surface area contributed by atoms with Crippen molar-refractivity contribution in [1.82, 2.24) is 9.55 Å². The van der Waals surface area contributed by atoms with Gasteiger partial charge in [-0.2, -0.15) is 0 Å². The second kappa shape index (κ2) is 3.03. The van der Waals surface area contributed by atoms with Crippen molar-refractivity contribution in [2.24, 2.45) is 7.05 Å². The van der Waals surface area contributed by atoms with E-state index >= 15 is 0 Å². The van der Waals surface area contributed by atoms with E-state index in [4.69, 9.17) is 10.5 Å². The quantitative estimate of drug-likeness (QED) is 0.749. The summed E-state index contributed by atoms with van der Waals surface area (Å²) in [6.07, 6.45) is 0. The van der Waals surface area contributed by atoms with E-state index in [1.165, 1.54) is 0 Å². The number of ether oxygens (including phenoxy) is 1. The van der Waals surface area contributed by atoms with Gasteiger partial charge in [0.2, 0.25) is 0 Å². The Morgan fingerprint density at radius 3 is 2.31 bits per heavy atom. The molecule has 74 valence electrons. The lowest BCUT2D eigenvalue weighted by Crippen LogP contribution is -2.21. The van der Waals surface area contributed by atoms with Crippen molar-refractivity contribution in [1.29, 1.82) is 0 Å². The molecule has 4 heteroatoms. The molecule has 1 aromatic rings. The fourth-order valence-electron chi connectivity index (χ4n) is 1.17. The van der Waals surface area contributed by atoms with Crippen LogP contribution in [0.25, 0.3) is 0 Å². The minimum atomic E-state index is -0.421. The molecule has 0 unspecified atom stereocenters. The number of nitrogen functional groups attached to an aromatic ring is 1. The molecule has 0 aliphatic carbocycles. The zero-order valence-electron chi connectivity index (χ0n) is 8.88. The number of aryl methyl sites for hydroxylation is 1. The summed E-state index contributed by atoms with van der Waals surface area (Å²) >= 11 is 0. The van der Waals surface area contributed by atoms with Gasteiger partial charge in [-0.15, -0.1) is 0 Å². The highest BCUT2D eigenvalue weighted by Crippen LogP contribution is 2.27. The van der Waals surface area contributed by atoms with Gasteiger partial charge in [-0.3, -0.25) is 0 Å². The van der Waals surface area contributed by atoms with Gasteiger partial charge in [-0.1, -0.05) is 0 Å². The fourth-order valence-corrected chi connectivity index (χ4v) is 1.17. The minimum absolute atomic E-state index is 0.421. The lowest BCUT2D eigenvalue weighted by atomic mass is 10.1. The largest absolute Gasteiger partial charge is 0.383 e. The Hall–Kier alpha value is -1.03. The summed E-state index contributed by atoms with van der Waals surface area (Å²) < 4.78 is 7.17. The van der Waals surface area contributed by atoms with E-state index in [1.807, 2.05) is 32.4 Å². The maximum absolute atomic E-state index is 5.89. The number of hydrogen-bond donors (Lipinski definition) is 1. The van der Waals surface area contributed by atoms with Crippen LogP contribution in [0.5, 0.6) is 0 Å². The molecule has 1 heterocycles. The second-order valence-electron chi connectivity index (χ2n) is 3.67. The molecule has 0 bridgehead atoms. The smallest absolute Gasteiger partial charge is 0.129 e. The van der Waals surface area contributed by atoms with Crippen LogP contribution in [0.4, 0.5) is 5.82 Å². The number of rotatable bonds is 2.